The molecule has 1 N–H and O–H groups in total. The largest absolute Gasteiger partial charge is 0.285 e. The topological polar surface area (TPSA) is 54.4 Å². The van der Waals surface area contributed by atoms with Gasteiger partial charge in [0.15, 0.2) is 0 Å². The highest BCUT2D eigenvalue weighted by molar-refractivity contribution is 7.86. The highest BCUT2D eigenvalue weighted by Gasteiger charge is 2.41. The lowest BCUT2D eigenvalue weighted by atomic mass is 9.90. The van der Waals surface area contributed by atoms with E-state index in [-0.39, 0.29) is 7.92 Å². The second kappa shape index (κ2) is 8.35. The van der Waals surface area contributed by atoms with E-state index in [1.807, 2.05) is 0 Å². The first-order valence-electron chi connectivity index (χ1n) is 10.2. The molecule has 0 amide bonds. The molecule has 0 radical (unpaired) electrons. The van der Waals surface area contributed by atoms with E-state index in [2.05, 4.69) is 6.92 Å². The average Bonchev–Trinajstić information content (AvgIpc) is 2.56. The van der Waals surface area contributed by atoms with Crippen LogP contribution in [-0.4, -0.2) is 35.2 Å². The zero-order chi connectivity index (χ0) is 17.2. The minimum absolute atomic E-state index is 0.0911. The van der Waals surface area contributed by atoms with Gasteiger partial charge < -0.3 is 0 Å². The van der Waals surface area contributed by atoms with Crippen LogP contribution in [0.2, 0.25) is 0 Å². The standard InChI is InChI=1S/C19H35O3PS/c1-15-7-5-10-17(13-15)23(16-8-3-2-4-9-16)18-11-6-12-19(14-18)24(20,21)22/h15-19H,2-14H2,1H3,(H,20,21,22)/t15-,17?,18?,19?,23?/m1/s1. The lowest BCUT2D eigenvalue weighted by molar-refractivity contribution is 0.380. The third-order valence-electron chi connectivity index (χ3n) is 6.77. The third-order valence-corrected chi connectivity index (χ3v) is 12.0. The van der Waals surface area contributed by atoms with Crippen LogP contribution in [0.5, 0.6) is 0 Å². The van der Waals surface area contributed by atoms with Crippen LogP contribution < -0.4 is 0 Å². The molecule has 3 aliphatic rings. The van der Waals surface area contributed by atoms with Gasteiger partial charge in [0.1, 0.15) is 0 Å². The predicted molar refractivity (Wildman–Crippen MR) is 103 cm³/mol. The molecule has 3 rings (SSSR count). The molecule has 0 heterocycles. The zero-order valence-corrected chi connectivity index (χ0v) is 16.9. The Morgan fingerprint density at radius 1 is 0.750 bits per heavy atom. The Hall–Kier alpha value is 0.340. The van der Waals surface area contributed by atoms with Crippen molar-refractivity contribution in [3.63, 3.8) is 0 Å². The number of hydrogen-bond donors (Lipinski definition) is 1. The van der Waals surface area contributed by atoms with Gasteiger partial charge in [-0.25, -0.2) is 0 Å². The van der Waals surface area contributed by atoms with Crippen LogP contribution in [0, 0.1) is 5.92 Å². The van der Waals surface area contributed by atoms with Gasteiger partial charge in [-0.1, -0.05) is 53.4 Å². The van der Waals surface area contributed by atoms with E-state index in [0.29, 0.717) is 12.1 Å². The van der Waals surface area contributed by atoms with E-state index in [0.717, 1.165) is 30.1 Å². The van der Waals surface area contributed by atoms with Crippen molar-refractivity contribution in [3.05, 3.63) is 0 Å². The Balaban J connectivity index is 1.77. The molecule has 3 aliphatic carbocycles. The van der Waals surface area contributed by atoms with Crippen molar-refractivity contribution in [2.75, 3.05) is 0 Å². The van der Waals surface area contributed by atoms with Gasteiger partial charge in [-0.15, -0.1) is 0 Å². The van der Waals surface area contributed by atoms with Crippen LogP contribution in [0.15, 0.2) is 0 Å². The van der Waals surface area contributed by atoms with E-state index in [4.69, 9.17) is 0 Å². The molecular weight excluding hydrogens is 339 g/mol. The Kier molecular flexibility index (Phi) is 6.65. The maximum absolute atomic E-state index is 11.7. The van der Waals surface area contributed by atoms with Gasteiger partial charge in [-0.05, 0) is 67.8 Å². The lowest BCUT2D eigenvalue weighted by Crippen LogP contribution is -2.35. The van der Waals surface area contributed by atoms with Gasteiger partial charge in [0.05, 0.1) is 5.25 Å². The van der Waals surface area contributed by atoms with Crippen molar-refractivity contribution in [3.8, 4) is 0 Å². The number of rotatable bonds is 4. The van der Waals surface area contributed by atoms with E-state index in [9.17, 15) is 13.0 Å². The van der Waals surface area contributed by atoms with Crippen LogP contribution in [0.3, 0.4) is 0 Å². The second-order valence-electron chi connectivity index (χ2n) is 8.62. The van der Waals surface area contributed by atoms with Crippen molar-refractivity contribution >= 4 is 18.0 Å². The van der Waals surface area contributed by atoms with Gasteiger partial charge in [-0.3, -0.25) is 4.55 Å². The van der Waals surface area contributed by atoms with Crippen LogP contribution >= 0.6 is 7.92 Å². The SMILES string of the molecule is C[C@@H]1CCCC(P(C2CCCCC2)C2CCCC(S(=O)(=O)O)C2)C1. The molecule has 0 aliphatic heterocycles. The van der Waals surface area contributed by atoms with Crippen molar-refractivity contribution in [1.29, 1.82) is 0 Å². The quantitative estimate of drug-likeness (QED) is 0.516. The molecule has 0 aromatic rings. The van der Waals surface area contributed by atoms with Crippen molar-refractivity contribution in [2.24, 2.45) is 5.92 Å². The Morgan fingerprint density at radius 3 is 1.96 bits per heavy atom. The normalized spacial score (nSPS) is 37.9. The predicted octanol–water partition coefficient (Wildman–Crippen LogP) is 5.58. The highest BCUT2D eigenvalue weighted by Crippen LogP contribution is 2.62. The zero-order valence-electron chi connectivity index (χ0n) is 15.2. The van der Waals surface area contributed by atoms with Crippen LogP contribution in [0.1, 0.15) is 90.4 Å². The summed E-state index contributed by atoms with van der Waals surface area (Å²) in [7, 11) is -3.95. The van der Waals surface area contributed by atoms with E-state index >= 15 is 0 Å². The minimum Gasteiger partial charge on any atom is -0.285 e. The summed E-state index contributed by atoms with van der Waals surface area (Å²) in [5, 5.41) is -0.481. The molecule has 0 bridgehead atoms. The fourth-order valence-electron chi connectivity index (χ4n) is 5.61. The smallest absolute Gasteiger partial charge is 0.267 e. The van der Waals surface area contributed by atoms with Crippen LogP contribution in [0.4, 0.5) is 0 Å². The molecule has 24 heavy (non-hydrogen) atoms. The minimum atomic E-state index is -3.85. The van der Waals surface area contributed by atoms with Crippen LogP contribution in [-0.2, 0) is 10.1 Å². The maximum Gasteiger partial charge on any atom is 0.267 e. The molecular formula is C19H35O3PS. The summed E-state index contributed by atoms with van der Waals surface area (Å²) in [6.07, 6.45) is 16.0. The van der Waals surface area contributed by atoms with Crippen molar-refractivity contribution in [1.82, 2.24) is 0 Å². The second-order valence-corrected chi connectivity index (χ2v) is 13.4. The fraction of sp³-hybridized carbons (Fsp3) is 1.00. The van der Waals surface area contributed by atoms with Crippen molar-refractivity contribution in [2.45, 2.75) is 113 Å². The summed E-state index contributed by atoms with van der Waals surface area (Å²) in [6, 6.07) is 0. The Bertz CT molecular complexity index is 501. The first-order chi connectivity index (χ1) is 11.4. The molecule has 0 saturated heterocycles. The average molecular weight is 375 g/mol. The summed E-state index contributed by atoms with van der Waals surface area (Å²) < 4.78 is 33.0. The summed E-state index contributed by atoms with van der Waals surface area (Å²) in [4.78, 5) is 0. The van der Waals surface area contributed by atoms with Gasteiger partial charge in [0, 0.05) is 0 Å². The first-order valence-corrected chi connectivity index (χ1v) is 13.2. The van der Waals surface area contributed by atoms with E-state index < -0.39 is 15.4 Å². The van der Waals surface area contributed by atoms with E-state index in [1.165, 1.54) is 64.2 Å². The molecule has 5 atom stereocenters. The van der Waals surface area contributed by atoms with Crippen LogP contribution in [0.25, 0.3) is 0 Å². The number of hydrogen-bond acceptors (Lipinski definition) is 2. The molecule has 5 heteroatoms. The van der Waals surface area contributed by atoms with Gasteiger partial charge in [-0.2, -0.15) is 8.42 Å². The molecule has 3 saturated carbocycles. The molecule has 3 nitrogen and oxygen atoms in total. The first kappa shape index (κ1) is 19.1. The summed E-state index contributed by atoms with van der Waals surface area (Å²) in [5.74, 6) is 0.846. The van der Waals surface area contributed by atoms with E-state index in [1.54, 1.807) is 0 Å². The Labute approximate surface area is 149 Å². The molecule has 0 spiro atoms. The maximum atomic E-state index is 11.7. The van der Waals surface area contributed by atoms with Gasteiger partial charge >= 0.3 is 0 Å². The molecule has 3 fully saturated rings. The molecule has 0 aromatic carbocycles. The molecule has 0 aromatic heterocycles. The molecule has 4 unspecified atom stereocenters. The molecule has 140 valence electrons. The summed E-state index contributed by atoms with van der Waals surface area (Å²) in [6.45, 7) is 2.41. The third kappa shape index (κ3) is 4.74. The summed E-state index contributed by atoms with van der Waals surface area (Å²) >= 11 is 0. The Morgan fingerprint density at radius 2 is 1.33 bits per heavy atom. The monoisotopic (exact) mass is 374 g/mol. The van der Waals surface area contributed by atoms with Crippen molar-refractivity contribution < 1.29 is 13.0 Å². The van der Waals surface area contributed by atoms with Gasteiger partial charge in [0.25, 0.3) is 10.1 Å². The fourth-order valence-corrected chi connectivity index (χ4v) is 11.5. The lowest BCUT2D eigenvalue weighted by Gasteiger charge is -2.46. The van der Waals surface area contributed by atoms with Gasteiger partial charge in [0.2, 0.25) is 0 Å². The summed E-state index contributed by atoms with van der Waals surface area (Å²) in [5.41, 5.74) is 2.31. The highest BCUT2D eigenvalue weighted by atomic mass is 32.2.